The Kier molecular flexibility index (Phi) is 1.79. The van der Waals surface area contributed by atoms with E-state index in [0.717, 1.165) is 0 Å². The van der Waals surface area contributed by atoms with Crippen LogP contribution in [-0.4, -0.2) is 0 Å². The third-order valence-electron chi connectivity index (χ3n) is 3.25. The highest BCUT2D eigenvalue weighted by molar-refractivity contribution is 7.25. The van der Waals surface area contributed by atoms with Crippen LogP contribution >= 0.6 is 11.3 Å². The van der Waals surface area contributed by atoms with Crippen molar-refractivity contribution in [3.05, 3.63) is 60.7 Å². The Bertz CT molecular complexity index is 834. The van der Waals surface area contributed by atoms with Crippen molar-refractivity contribution in [2.45, 2.75) is 0 Å². The van der Waals surface area contributed by atoms with E-state index in [1.807, 2.05) is 11.3 Å². The van der Waals surface area contributed by atoms with Gasteiger partial charge in [0.05, 0.1) is 0 Å². The monoisotopic (exact) mass is 234 g/mol. The Morgan fingerprint density at radius 2 is 1.29 bits per heavy atom. The molecule has 0 aliphatic carbocycles. The molecule has 0 fully saturated rings. The van der Waals surface area contributed by atoms with Gasteiger partial charge in [0.15, 0.2) is 0 Å². The van der Waals surface area contributed by atoms with Crippen LogP contribution in [0.3, 0.4) is 0 Å². The van der Waals surface area contributed by atoms with E-state index in [2.05, 4.69) is 60.7 Å². The van der Waals surface area contributed by atoms with Crippen molar-refractivity contribution in [1.29, 1.82) is 0 Å². The Morgan fingerprint density at radius 3 is 2.18 bits per heavy atom. The van der Waals surface area contributed by atoms with Crippen molar-refractivity contribution in [2.75, 3.05) is 0 Å². The maximum atomic E-state index is 2.31. The van der Waals surface area contributed by atoms with Crippen molar-refractivity contribution >= 4 is 42.3 Å². The molecule has 80 valence electrons. The predicted octanol–water partition coefficient (Wildman–Crippen LogP) is 5.21. The van der Waals surface area contributed by atoms with E-state index in [4.69, 9.17) is 0 Å². The molecule has 0 aliphatic heterocycles. The molecule has 0 spiro atoms. The zero-order valence-electron chi connectivity index (χ0n) is 9.18. The van der Waals surface area contributed by atoms with Gasteiger partial charge in [0.25, 0.3) is 0 Å². The van der Waals surface area contributed by atoms with Crippen LogP contribution in [0.5, 0.6) is 0 Å². The van der Waals surface area contributed by atoms with Crippen LogP contribution in [0.1, 0.15) is 0 Å². The first-order valence-electron chi connectivity index (χ1n) is 5.72. The highest BCUT2D eigenvalue weighted by Gasteiger charge is 2.05. The van der Waals surface area contributed by atoms with E-state index in [-0.39, 0.29) is 0 Å². The summed E-state index contributed by atoms with van der Waals surface area (Å²) in [6.07, 6.45) is 0. The quantitative estimate of drug-likeness (QED) is 0.392. The van der Waals surface area contributed by atoms with E-state index in [1.165, 1.54) is 30.9 Å². The van der Waals surface area contributed by atoms with Crippen molar-refractivity contribution < 1.29 is 0 Å². The number of hydrogen-bond donors (Lipinski definition) is 0. The molecular formula is C16H10S. The summed E-state index contributed by atoms with van der Waals surface area (Å²) in [6, 6.07) is 21.8. The SMILES string of the molecule is c1ccc2cc3c(cc2c1)sc1ccccc13. The Morgan fingerprint density at radius 1 is 0.588 bits per heavy atom. The van der Waals surface area contributed by atoms with E-state index < -0.39 is 0 Å². The van der Waals surface area contributed by atoms with Gasteiger partial charge in [0.2, 0.25) is 0 Å². The molecule has 0 saturated carbocycles. The zero-order valence-corrected chi connectivity index (χ0v) is 10.00. The molecule has 3 aromatic carbocycles. The lowest BCUT2D eigenvalue weighted by Gasteiger charge is -1.97. The van der Waals surface area contributed by atoms with Gasteiger partial charge in [-0.1, -0.05) is 42.5 Å². The lowest BCUT2D eigenvalue weighted by Crippen LogP contribution is -1.71. The molecule has 0 nitrogen and oxygen atoms in total. The summed E-state index contributed by atoms with van der Waals surface area (Å²) in [4.78, 5) is 0. The molecule has 0 radical (unpaired) electrons. The summed E-state index contributed by atoms with van der Waals surface area (Å²) < 4.78 is 2.75. The zero-order chi connectivity index (χ0) is 11.2. The number of rotatable bonds is 0. The first kappa shape index (κ1) is 9.20. The van der Waals surface area contributed by atoms with Crippen LogP contribution in [0.2, 0.25) is 0 Å². The van der Waals surface area contributed by atoms with Crippen LogP contribution < -0.4 is 0 Å². The molecule has 0 unspecified atom stereocenters. The van der Waals surface area contributed by atoms with Gasteiger partial charge in [0.1, 0.15) is 0 Å². The topological polar surface area (TPSA) is 0 Å². The molecule has 1 heterocycles. The van der Waals surface area contributed by atoms with Crippen LogP contribution in [0, 0.1) is 0 Å². The number of fused-ring (bicyclic) bond motifs is 4. The number of benzene rings is 3. The third-order valence-corrected chi connectivity index (χ3v) is 4.38. The first-order valence-corrected chi connectivity index (χ1v) is 6.53. The predicted molar refractivity (Wildman–Crippen MR) is 76.8 cm³/mol. The fourth-order valence-corrected chi connectivity index (χ4v) is 3.55. The molecule has 1 heteroatoms. The summed E-state index contributed by atoms with van der Waals surface area (Å²) in [5, 5.41) is 5.40. The minimum atomic E-state index is 1.32. The Labute approximate surface area is 103 Å². The maximum absolute atomic E-state index is 2.31. The fourth-order valence-electron chi connectivity index (χ4n) is 2.41. The van der Waals surface area contributed by atoms with Crippen LogP contribution in [0.15, 0.2) is 60.7 Å². The second-order valence-electron chi connectivity index (χ2n) is 4.29. The highest BCUT2D eigenvalue weighted by Crippen LogP contribution is 2.35. The first-order chi connectivity index (χ1) is 8.42. The number of thiophene rings is 1. The minimum Gasteiger partial charge on any atom is -0.135 e. The molecule has 0 saturated heterocycles. The third kappa shape index (κ3) is 1.29. The van der Waals surface area contributed by atoms with Crippen LogP contribution in [0.4, 0.5) is 0 Å². The maximum Gasteiger partial charge on any atom is 0.0361 e. The summed E-state index contributed by atoms with van der Waals surface area (Å²) in [5.41, 5.74) is 0. The van der Waals surface area contributed by atoms with Gasteiger partial charge in [-0.3, -0.25) is 0 Å². The van der Waals surface area contributed by atoms with Gasteiger partial charge >= 0.3 is 0 Å². The molecule has 0 amide bonds. The van der Waals surface area contributed by atoms with E-state index in [1.54, 1.807) is 0 Å². The van der Waals surface area contributed by atoms with Crippen molar-refractivity contribution in [3.8, 4) is 0 Å². The van der Waals surface area contributed by atoms with Gasteiger partial charge < -0.3 is 0 Å². The van der Waals surface area contributed by atoms with E-state index >= 15 is 0 Å². The van der Waals surface area contributed by atoms with E-state index in [9.17, 15) is 0 Å². The van der Waals surface area contributed by atoms with Gasteiger partial charge in [0, 0.05) is 20.2 Å². The van der Waals surface area contributed by atoms with Gasteiger partial charge in [-0.05, 0) is 29.0 Å². The van der Waals surface area contributed by atoms with Crippen LogP contribution in [-0.2, 0) is 0 Å². The second kappa shape index (κ2) is 3.31. The average Bonchev–Trinajstić information content (AvgIpc) is 2.73. The lowest BCUT2D eigenvalue weighted by atomic mass is 10.1. The summed E-state index contributed by atoms with van der Waals surface area (Å²) in [6.45, 7) is 0. The highest BCUT2D eigenvalue weighted by atomic mass is 32.1. The molecule has 0 N–H and O–H groups in total. The Balaban J connectivity index is 2.28. The molecule has 4 aromatic rings. The molecule has 4 rings (SSSR count). The largest absolute Gasteiger partial charge is 0.135 e. The number of hydrogen-bond acceptors (Lipinski definition) is 1. The smallest absolute Gasteiger partial charge is 0.0361 e. The normalized spacial score (nSPS) is 11.5. The second-order valence-corrected chi connectivity index (χ2v) is 5.38. The minimum absolute atomic E-state index is 1.32. The standard InChI is InChI=1S/C16H10S/c1-2-6-12-10-16-14(9-11(12)5-1)13-7-3-4-8-15(13)17-16/h1-10H. The van der Waals surface area contributed by atoms with E-state index in [0.29, 0.717) is 0 Å². The molecule has 0 bridgehead atoms. The lowest BCUT2D eigenvalue weighted by molar-refractivity contribution is 1.81. The van der Waals surface area contributed by atoms with Crippen molar-refractivity contribution in [1.82, 2.24) is 0 Å². The summed E-state index contributed by atoms with van der Waals surface area (Å²) in [5.74, 6) is 0. The average molecular weight is 234 g/mol. The van der Waals surface area contributed by atoms with Crippen LogP contribution in [0.25, 0.3) is 30.9 Å². The fraction of sp³-hybridized carbons (Fsp3) is 0. The molecule has 1 aromatic heterocycles. The van der Waals surface area contributed by atoms with Crippen molar-refractivity contribution in [3.63, 3.8) is 0 Å². The van der Waals surface area contributed by atoms with Gasteiger partial charge in [-0.25, -0.2) is 0 Å². The molecule has 0 aliphatic rings. The summed E-state index contributed by atoms with van der Waals surface area (Å²) >= 11 is 1.88. The van der Waals surface area contributed by atoms with Gasteiger partial charge in [-0.2, -0.15) is 0 Å². The Hall–Kier alpha value is -1.86. The molecule has 0 atom stereocenters. The molecule has 17 heavy (non-hydrogen) atoms. The van der Waals surface area contributed by atoms with Gasteiger partial charge in [-0.15, -0.1) is 11.3 Å². The molecular weight excluding hydrogens is 224 g/mol. The van der Waals surface area contributed by atoms with Crippen molar-refractivity contribution in [2.24, 2.45) is 0 Å². The summed E-state index contributed by atoms with van der Waals surface area (Å²) in [7, 11) is 0.